The zero-order chi connectivity index (χ0) is 22.8. The van der Waals surface area contributed by atoms with Crippen LogP contribution >= 0.6 is 0 Å². The number of carbonyl (C=O) groups excluding carboxylic acids is 2. The van der Waals surface area contributed by atoms with Crippen LogP contribution in [0.2, 0.25) is 0 Å². The molecule has 0 radical (unpaired) electrons. The van der Waals surface area contributed by atoms with E-state index in [4.69, 9.17) is 14.2 Å². The van der Waals surface area contributed by atoms with E-state index in [9.17, 15) is 9.59 Å². The van der Waals surface area contributed by atoms with Gasteiger partial charge in [-0.15, -0.1) is 0 Å². The fourth-order valence-electron chi connectivity index (χ4n) is 9.54. The largest absolute Gasteiger partial charge is 0.469 e. The molecule has 5 nitrogen and oxygen atoms in total. The molecule has 5 aliphatic rings. The Hall–Kier alpha value is -1.10. The van der Waals surface area contributed by atoms with Crippen LogP contribution in [-0.4, -0.2) is 37.4 Å². The van der Waals surface area contributed by atoms with Crippen molar-refractivity contribution in [3.05, 3.63) is 0 Å². The van der Waals surface area contributed by atoms with Gasteiger partial charge in [0.1, 0.15) is 6.10 Å². The van der Waals surface area contributed by atoms with E-state index in [0.717, 1.165) is 37.5 Å². The second kappa shape index (κ2) is 7.99. The SMILES string of the molecule is COC(=O)CC[C@H](C)[C@@H]1CC[C@@H]2[C@@H]3CC[C@@H]4C[C@H](OC(C)=O)CC[C@]4(C)[C@H]3[C@@H]3O[C@@H]3[C@@]21C. The number of hydrogen-bond donors (Lipinski definition) is 0. The molecule has 5 heteroatoms. The van der Waals surface area contributed by atoms with Crippen molar-refractivity contribution in [3.63, 3.8) is 0 Å². The van der Waals surface area contributed by atoms with E-state index in [1.54, 1.807) is 0 Å². The van der Waals surface area contributed by atoms with E-state index in [1.165, 1.54) is 39.7 Å². The van der Waals surface area contributed by atoms with Gasteiger partial charge < -0.3 is 14.2 Å². The Morgan fingerprint density at radius 3 is 2.62 bits per heavy atom. The zero-order valence-electron chi connectivity index (χ0n) is 20.6. The number of epoxide rings is 1. The fourth-order valence-corrected chi connectivity index (χ4v) is 9.54. The molecule has 0 aromatic rings. The van der Waals surface area contributed by atoms with Crippen molar-refractivity contribution in [3.8, 4) is 0 Å². The standard InChI is InChI=1S/C27H42O5/c1-15(6-11-22(29)30-5)20-9-10-21-19-8-7-17-14-18(31-16(2)28)12-13-26(17,3)23(19)24-25(32-24)27(20,21)4/h15,17-21,23-25H,6-14H2,1-5H3/t15-,17+,18+,19-,20-,21+,23+,24-,25-,26-,27+/m0/s1. The maximum atomic E-state index is 11.7. The van der Waals surface area contributed by atoms with Gasteiger partial charge in [-0.2, -0.15) is 0 Å². The third-order valence-corrected chi connectivity index (χ3v) is 11.0. The lowest BCUT2D eigenvalue weighted by Gasteiger charge is -2.59. The first-order valence-corrected chi connectivity index (χ1v) is 13.1. The topological polar surface area (TPSA) is 65.1 Å². The Bertz CT molecular complexity index is 765. The van der Waals surface area contributed by atoms with Gasteiger partial charge in [-0.1, -0.05) is 20.8 Å². The van der Waals surface area contributed by atoms with Crippen LogP contribution in [0.3, 0.4) is 0 Å². The molecule has 1 aliphatic heterocycles. The average Bonchev–Trinajstić information content (AvgIpc) is 3.47. The highest BCUT2D eigenvalue weighted by Crippen LogP contribution is 2.73. The lowest BCUT2D eigenvalue weighted by molar-refractivity contribution is -0.158. The number of ether oxygens (including phenoxy) is 3. The molecule has 1 saturated heterocycles. The molecule has 11 atom stereocenters. The van der Waals surface area contributed by atoms with Gasteiger partial charge in [0.2, 0.25) is 0 Å². The van der Waals surface area contributed by atoms with Crippen LogP contribution in [0.25, 0.3) is 0 Å². The van der Waals surface area contributed by atoms with Gasteiger partial charge in [-0.05, 0) is 92.3 Å². The Kier molecular flexibility index (Phi) is 5.66. The van der Waals surface area contributed by atoms with Crippen molar-refractivity contribution in [2.45, 2.75) is 104 Å². The van der Waals surface area contributed by atoms with Gasteiger partial charge in [0.25, 0.3) is 0 Å². The molecule has 4 saturated carbocycles. The predicted molar refractivity (Wildman–Crippen MR) is 121 cm³/mol. The molecule has 0 N–H and O–H groups in total. The minimum absolute atomic E-state index is 0.0867. The van der Waals surface area contributed by atoms with Crippen LogP contribution in [0.1, 0.15) is 85.5 Å². The third-order valence-electron chi connectivity index (χ3n) is 11.0. The van der Waals surface area contributed by atoms with Crippen LogP contribution in [0, 0.1) is 46.3 Å². The summed E-state index contributed by atoms with van der Waals surface area (Å²) >= 11 is 0. The van der Waals surface area contributed by atoms with Crippen LogP contribution in [0.5, 0.6) is 0 Å². The van der Waals surface area contributed by atoms with Gasteiger partial charge in [-0.3, -0.25) is 9.59 Å². The number of rotatable bonds is 5. The summed E-state index contributed by atoms with van der Waals surface area (Å²) in [5.41, 5.74) is 0.564. The van der Waals surface area contributed by atoms with Crippen molar-refractivity contribution in [2.24, 2.45) is 46.3 Å². The molecule has 0 bridgehead atoms. The highest BCUT2D eigenvalue weighted by molar-refractivity contribution is 5.69. The molecule has 1 heterocycles. The minimum atomic E-state index is -0.135. The molecule has 32 heavy (non-hydrogen) atoms. The van der Waals surface area contributed by atoms with Crippen molar-refractivity contribution in [1.29, 1.82) is 0 Å². The average molecular weight is 447 g/mol. The first kappa shape index (κ1) is 22.7. The van der Waals surface area contributed by atoms with Crippen molar-refractivity contribution < 1.29 is 23.8 Å². The molecule has 5 rings (SSSR count). The molecule has 0 spiro atoms. The van der Waals surface area contributed by atoms with Gasteiger partial charge in [0.05, 0.1) is 19.3 Å². The number of methoxy groups -OCH3 is 1. The Labute approximate surface area is 193 Å². The van der Waals surface area contributed by atoms with Gasteiger partial charge in [0, 0.05) is 18.8 Å². The summed E-state index contributed by atoms with van der Waals surface area (Å²) in [4.78, 5) is 23.2. The number of carbonyl (C=O) groups is 2. The molecular formula is C27H42O5. The van der Waals surface area contributed by atoms with E-state index in [0.29, 0.717) is 47.7 Å². The maximum absolute atomic E-state index is 11.7. The first-order valence-electron chi connectivity index (χ1n) is 13.1. The summed E-state index contributed by atoms with van der Waals surface area (Å²) in [6, 6.07) is 0. The lowest BCUT2D eigenvalue weighted by atomic mass is 9.44. The van der Waals surface area contributed by atoms with E-state index in [1.807, 2.05) is 0 Å². The summed E-state index contributed by atoms with van der Waals surface area (Å²) in [6.45, 7) is 8.94. The van der Waals surface area contributed by atoms with E-state index >= 15 is 0 Å². The number of esters is 2. The highest BCUT2D eigenvalue weighted by atomic mass is 16.6. The Morgan fingerprint density at radius 2 is 1.91 bits per heavy atom. The van der Waals surface area contributed by atoms with Crippen molar-refractivity contribution in [1.82, 2.24) is 0 Å². The molecule has 5 fully saturated rings. The van der Waals surface area contributed by atoms with E-state index in [2.05, 4.69) is 20.8 Å². The van der Waals surface area contributed by atoms with E-state index in [-0.39, 0.29) is 23.5 Å². The molecule has 0 amide bonds. The van der Waals surface area contributed by atoms with Crippen LogP contribution in [0.15, 0.2) is 0 Å². The van der Waals surface area contributed by atoms with Crippen LogP contribution in [-0.2, 0) is 23.8 Å². The molecule has 0 aromatic carbocycles. The number of fused-ring (bicyclic) bond motifs is 8. The molecule has 0 unspecified atom stereocenters. The second-order valence-electron chi connectivity index (χ2n) is 12.2. The minimum Gasteiger partial charge on any atom is -0.469 e. The Balaban J connectivity index is 1.33. The number of hydrogen-bond acceptors (Lipinski definition) is 5. The summed E-state index contributed by atoms with van der Waals surface area (Å²) in [5.74, 6) is 3.74. The summed E-state index contributed by atoms with van der Waals surface area (Å²) in [6.07, 6.45) is 10.7. The van der Waals surface area contributed by atoms with Crippen molar-refractivity contribution in [2.75, 3.05) is 7.11 Å². The van der Waals surface area contributed by atoms with Crippen molar-refractivity contribution >= 4 is 11.9 Å². The first-order chi connectivity index (χ1) is 15.2. The molecular weight excluding hydrogens is 404 g/mol. The summed E-state index contributed by atoms with van der Waals surface area (Å²) in [5, 5.41) is 0. The maximum Gasteiger partial charge on any atom is 0.305 e. The normalized spacial score (nSPS) is 49.7. The predicted octanol–water partition coefficient (Wildman–Crippen LogP) is 5.15. The smallest absolute Gasteiger partial charge is 0.305 e. The second-order valence-corrected chi connectivity index (χ2v) is 12.2. The molecule has 180 valence electrons. The van der Waals surface area contributed by atoms with Crippen LogP contribution < -0.4 is 0 Å². The monoisotopic (exact) mass is 446 g/mol. The quantitative estimate of drug-likeness (QED) is 0.431. The highest BCUT2D eigenvalue weighted by Gasteiger charge is 2.73. The third kappa shape index (κ3) is 3.35. The summed E-state index contributed by atoms with van der Waals surface area (Å²) < 4.78 is 17.1. The van der Waals surface area contributed by atoms with Crippen LogP contribution in [0.4, 0.5) is 0 Å². The van der Waals surface area contributed by atoms with Gasteiger partial charge >= 0.3 is 11.9 Å². The molecule has 0 aromatic heterocycles. The Morgan fingerprint density at radius 1 is 1.12 bits per heavy atom. The van der Waals surface area contributed by atoms with E-state index < -0.39 is 0 Å². The van der Waals surface area contributed by atoms with Gasteiger partial charge in [-0.25, -0.2) is 0 Å². The summed E-state index contributed by atoms with van der Waals surface area (Å²) in [7, 11) is 1.49. The lowest BCUT2D eigenvalue weighted by Crippen LogP contribution is -2.57. The zero-order valence-corrected chi connectivity index (χ0v) is 20.6. The molecule has 4 aliphatic carbocycles. The van der Waals surface area contributed by atoms with Gasteiger partial charge in [0.15, 0.2) is 0 Å². The fraction of sp³-hybridized carbons (Fsp3) is 0.926.